The molecule has 0 bridgehead atoms. The standard InChI is InChI=1S/C18H24F2N6O2/c1-3-21-18(22-10-16-23-12(2)25-28-16)24-13-8-9-26(11-13)14-6-4-5-7-15(14)27-17(19)20/h4-7,13,17H,3,8-11H2,1-2H3,(H2,21,22,24). The number of halogens is 2. The maximum absolute atomic E-state index is 12.7. The van der Waals surface area contributed by atoms with Gasteiger partial charge in [-0.1, -0.05) is 17.3 Å². The first-order valence-corrected chi connectivity index (χ1v) is 9.18. The van der Waals surface area contributed by atoms with E-state index >= 15 is 0 Å². The summed E-state index contributed by atoms with van der Waals surface area (Å²) in [6, 6.07) is 6.95. The third-order valence-corrected chi connectivity index (χ3v) is 4.24. The number of hydrogen-bond donors (Lipinski definition) is 2. The van der Waals surface area contributed by atoms with Gasteiger partial charge in [0.15, 0.2) is 11.8 Å². The van der Waals surface area contributed by atoms with Gasteiger partial charge >= 0.3 is 6.61 Å². The SMILES string of the molecule is CCNC(=NCc1nc(C)no1)NC1CCN(c2ccccc2OC(F)F)C1. The number of nitrogens with zero attached hydrogens (tertiary/aromatic N) is 4. The van der Waals surface area contributed by atoms with Gasteiger partial charge in [-0.3, -0.25) is 0 Å². The lowest BCUT2D eigenvalue weighted by atomic mass is 10.2. The topological polar surface area (TPSA) is 87.8 Å². The molecular formula is C18H24F2N6O2. The molecule has 1 aliphatic rings. The lowest BCUT2D eigenvalue weighted by Gasteiger charge is -2.22. The van der Waals surface area contributed by atoms with Gasteiger partial charge in [0.2, 0.25) is 5.89 Å². The maximum atomic E-state index is 12.7. The molecule has 1 fully saturated rings. The Morgan fingerprint density at radius 1 is 1.43 bits per heavy atom. The van der Waals surface area contributed by atoms with Crippen LogP contribution < -0.4 is 20.3 Å². The Labute approximate surface area is 162 Å². The molecule has 0 spiro atoms. The lowest BCUT2D eigenvalue weighted by molar-refractivity contribution is -0.0495. The van der Waals surface area contributed by atoms with Crippen LogP contribution in [0.1, 0.15) is 25.1 Å². The zero-order chi connectivity index (χ0) is 19.9. The van der Waals surface area contributed by atoms with Crippen LogP contribution in [0, 0.1) is 6.92 Å². The van der Waals surface area contributed by atoms with E-state index in [1.54, 1.807) is 25.1 Å². The van der Waals surface area contributed by atoms with Gasteiger partial charge in [-0.25, -0.2) is 4.99 Å². The number of ether oxygens (including phenoxy) is 1. The molecule has 10 heteroatoms. The van der Waals surface area contributed by atoms with Crippen LogP contribution in [0.15, 0.2) is 33.8 Å². The number of aromatic nitrogens is 2. The van der Waals surface area contributed by atoms with Gasteiger partial charge in [0.05, 0.1) is 5.69 Å². The molecule has 8 nitrogen and oxygen atoms in total. The summed E-state index contributed by atoms with van der Waals surface area (Å²) in [4.78, 5) is 10.6. The fourth-order valence-corrected chi connectivity index (χ4v) is 3.08. The highest BCUT2D eigenvalue weighted by Crippen LogP contribution is 2.31. The number of rotatable bonds is 7. The molecule has 1 aromatic carbocycles. The van der Waals surface area contributed by atoms with E-state index in [4.69, 9.17) is 4.52 Å². The minimum absolute atomic E-state index is 0.113. The number of benzene rings is 1. The Kier molecular flexibility index (Phi) is 6.62. The summed E-state index contributed by atoms with van der Waals surface area (Å²) < 4.78 is 35.0. The van der Waals surface area contributed by atoms with Crippen LogP contribution in [0.25, 0.3) is 0 Å². The molecule has 1 saturated heterocycles. The van der Waals surface area contributed by atoms with E-state index in [9.17, 15) is 8.78 Å². The molecule has 2 heterocycles. The molecule has 2 N–H and O–H groups in total. The van der Waals surface area contributed by atoms with Gasteiger partial charge in [-0.05, 0) is 32.4 Å². The molecule has 28 heavy (non-hydrogen) atoms. The molecule has 1 aliphatic heterocycles. The van der Waals surface area contributed by atoms with Crippen LogP contribution in [0.5, 0.6) is 5.75 Å². The Balaban J connectivity index is 1.62. The zero-order valence-electron chi connectivity index (χ0n) is 15.9. The van der Waals surface area contributed by atoms with Crippen LogP contribution in [0.4, 0.5) is 14.5 Å². The molecule has 1 atom stereocenters. The Hall–Kier alpha value is -2.91. The van der Waals surface area contributed by atoms with Crippen molar-refractivity contribution in [3.63, 3.8) is 0 Å². The summed E-state index contributed by atoms with van der Waals surface area (Å²) in [5.74, 6) is 1.84. The van der Waals surface area contributed by atoms with Crippen LogP contribution in [-0.2, 0) is 6.54 Å². The molecule has 0 radical (unpaired) electrons. The van der Waals surface area contributed by atoms with Gasteiger partial charge in [-0.2, -0.15) is 13.8 Å². The quantitative estimate of drug-likeness (QED) is 0.550. The third-order valence-electron chi connectivity index (χ3n) is 4.24. The molecule has 3 rings (SSSR count). The average molecular weight is 394 g/mol. The van der Waals surface area contributed by atoms with E-state index in [2.05, 4.69) is 30.5 Å². The van der Waals surface area contributed by atoms with Crippen molar-refractivity contribution >= 4 is 11.6 Å². The van der Waals surface area contributed by atoms with Crippen molar-refractivity contribution < 1.29 is 18.0 Å². The first-order chi connectivity index (χ1) is 13.5. The fourth-order valence-electron chi connectivity index (χ4n) is 3.08. The van der Waals surface area contributed by atoms with E-state index in [0.29, 0.717) is 36.5 Å². The molecule has 1 aromatic heterocycles. The molecule has 2 aromatic rings. The monoisotopic (exact) mass is 394 g/mol. The van der Waals surface area contributed by atoms with Crippen molar-refractivity contribution in [2.45, 2.75) is 39.5 Å². The number of guanidine groups is 1. The summed E-state index contributed by atoms with van der Waals surface area (Å²) in [5, 5.41) is 10.3. The highest BCUT2D eigenvalue weighted by molar-refractivity contribution is 5.80. The predicted octanol–water partition coefficient (Wildman–Crippen LogP) is 2.31. The summed E-state index contributed by atoms with van der Waals surface area (Å²) >= 11 is 0. The minimum Gasteiger partial charge on any atom is -0.433 e. The molecule has 0 aliphatic carbocycles. The van der Waals surface area contributed by atoms with Crippen LogP contribution in [0.2, 0.25) is 0 Å². The normalized spacial score (nSPS) is 17.2. The van der Waals surface area contributed by atoms with Crippen molar-refractivity contribution in [2.75, 3.05) is 24.5 Å². The molecular weight excluding hydrogens is 370 g/mol. The predicted molar refractivity (Wildman–Crippen MR) is 101 cm³/mol. The van der Waals surface area contributed by atoms with Crippen LogP contribution in [-0.4, -0.2) is 48.4 Å². The number of para-hydroxylation sites is 2. The first-order valence-electron chi connectivity index (χ1n) is 9.18. The van der Waals surface area contributed by atoms with Crippen molar-refractivity contribution in [3.05, 3.63) is 36.0 Å². The van der Waals surface area contributed by atoms with Crippen molar-refractivity contribution in [1.29, 1.82) is 0 Å². The van der Waals surface area contributed by atoms with Gasteiger partial charge in [0.25, 0.3) is 0 Å². The van der Waals surface area contributed by atoms with Gasteiger partial charge in [-0.15, -0.1) is 0 Å². The summed E-state index contributed by atoms with van der Waals surface area (Å²) in [6.45, 7) is 3.24. The van der Waals surface area contributed by atoms with E-state index in [1.807, 2.05) is 17.9 Å². The van der Waals surface area contributed by atoms with E-state index < -0.39 is 6.61 Å². The second-order valence-electron chi connectivity index (χ2n) is 6.35. The highest BCUT2D eigenvalue weighted by Gasteiger charge is 2.26. The molecule has 0 amide bonds. The van der Waals surface area contributed by atoms with Crippen molar-refractivity contribution in [2.24, 2.45) is 4.99 Å². The molecule has 152 valence electrons. The summed E-state index contributed by atoms with van der Waals surface area (Å²) in [6.07, 6.45) is 0.840. The second-order valence-corrected chi connectivity index (χ2v) is 6.35. The van der Waals surface area contributed by atoms with E-state index in [-0.39, 0.29) is 18.3 Å². The first kappa shape index (κ1) is 19.8. The number of nitrogens with one attached hydrogen (secondary N) is 2. The van der Waals surface area contributed by atoms with Crippen molar-refractivity contribution in [1.82, 2.24) is 20.8 Å². The fraction of sp³-hybridized carbons (Fsp3) is 0.500. The Morgan fingerprint density at radius 2 is 2.25 bits per heavy atom. The van der Waals surface area contributed by atoms with Gasteiger partial charge in [0, 0.05) is 25.7 Å². The summed E-state index contributed by atoms with van der Waals surface area (Å²) in [5.41, 5.74) is 0.662. The van der Waals surface area contributed by atoms with Crippen molar-refractivity contribution in [3.8, 4) is 5.75 Å². The number of aliphatic imine (C=N–C) groups is 1. The Morgan fingerprint density at radius 3 is 2.96 bits per heavy atom. The largest absolute Gasteiger partial charge is 0.433 e. The Bertz CT molecular complexity index is 798. The van der Waals surface area contributed by atoms with Crippen LogP contribution >= 0.6 is 0 Å². The average Bonchev–Trinajstić information content (AvgIpc) is 3.29. The highest BCUT2D eigenvalue weighted by atomic mass is 19.3. The van der Waals surface area contributed by atoms with Crippen LogP contribution in [0.3, 0.4) is 0 Å². The number of aryl methyl sites for hydroxylation is 1. The number of alkyl halides is 2. The molecule has 0 saturated carbocycles. The third kappa shape index (κ3) is 5.30. The second kappa shape index (κ2) is 9.34. The molecule has 1 unspecified atom stereocenters. The maximum Gasteiger partial charge on any atom is 0.387 e. The number of anilines is 1. The zero-order valence-corrected chi connectivity index (χ0v) is 15.9. The smallest absolute Gasteiger partial charge is 0.387 e. The van der Waals surface area contributed by atoms with Gasteiger partial charge in [0.1, 0.15) is 12.3 Å². The minimum atomic E-state index is -2.85. The number of hydrogen-bond acceptors (Lipinski definition) is 6. The van der Waals surface area contributed by atoms with Gasteiger partial charge < -0.3 is 24.8 Å². The summed E-state index contributed by atoms with van der Waals surface area (Å²) in [7, 11) is 0. The van der Waals surface area contributed by atoms with E-state index in [1.165, 1.54) is 0 Å². The lowest BCUT2D eigenvalue weighted by Crippen LogP contribution is -2.44. The van der Waals surface area contributed by atoms with E-state index in [0.717, 1.165) is 13.0 Å².